The van der Waals surface area contributed by atoms with Crippen LogP contribution in [0.1, 0.15) is 46.0 Å². The van der Waals surface area contributed by atoms with Crippen molar-refractivity contribution >= 4 is 18.3 Å². The van der Waals surface area contributed by atoms with E-state index in [4.69, 9.17) is 14.6 Å². The fourth-order valence-electron chi connectivity index (χ4n) is 2.28. The summed E-state index contributed by atoms with van der Waals surface area (Å²) in [4.78, 5) is 35.2. The summed E-state index contributed by atoms with van der Waals surface area (Å²) in [5, 5.41) is 18.7. The number of hydrogen-bond donors (Lipinski definition) is 2. The first-order chi connectivity index (χ1) is 11.3. The molecular formula is C16H29NO7. The van der Waals surface area contributed by atoms with Crippen LogP contribution in [0.4, 0.5) is 0 Å². The monoisotopic (exact) mass is 347 g/mol. The number of rotatable bonds is 13. The SMILES string of the molecule is CCC(CC)(CC(O)COC(=O)CCC(=O)N(C)CCO)OC=O. The van der Waals surface area contributed by atoms with Crippen LogP contribution in [-0.4, -0.2) is 72.0 Å². The standard InChI is InChI=1S/C16H29NO7/c1-4-16(5-2,24-12-19)10-13(20)11-23-15(22)7-6-14(21)17(3)8-9-18/h12-13,18,20H,4-11H2,1-3H3. The summed E-state index contributed by atoms with van der Waals surface area (Å²) in [5.74, 6) is -0.855. The van der Waals surface area contributed by atoms with Crippen molar-refractivity contribution in [2.45, 2.75) is 57.7 Å². The second-order valence-electron chi connectivity index (χ2n) is 5.68. The Labute approximate surface area is 142 Å². The second kappa shape index (κ2) is 11.8. The van der Waals surface area contributed by atoms with Crippen LogP contribution in [0.5, 0.6) is 0 Å². The van der Waals surface area contributed by atoms with E-state index in [2.05, 4.69) is 0 Å². The van der Waals surface area contributed by atoms with Gasteiger partial charge in [-0.3, -0.25) is 14.4 Å². The summed E-state index contributed by atoms with van der Waals surface area (Å²) >= 11 is 0. The van der Waals surface area contributed by atoms with Gasteiger partial charge in [-0.15, -0.1) is 0 Å². The van der Waals surface area contributed by atoms with E-state index < -0.39 is 17.7 Å². The zero-order valence-electron chi connectivity index (χ0n) is 14.7. The molecule has 0 bridgehead atoms. The minimum absolute atomic E-state index is 0.0203. The van der Waals surface area contributed by atoms with E-state index in [1.54, 1.807) is 0 Å². The summed E-state index contributed by atoms with van der Waals surface area (Å²) in [6, 6.07) is 0. The molecule has 1 atom stereocenters. The number of aliphatic hydroxyl groups excluding tert-OH is 2. The first-order valence-corrected chi connectivity index (χ1v) is 8.14. The van der Waals surface area contributed by atoms with Crippen molar-refractivity contribution in [1.82, 2.24) is 4.90 Å². The van der Waals surface area contributed by atoms with Gasteiger partial charge in [0.15, 0.2) is 0 Å². The minimum atomic E-state index is -0.957. The molecule has 0 saturated carbocycles. The van der Waals surface area contributed by atoms with E-state index in [1.165, 1.54) is 11.9 Å². The molecule has 0 rings (SSSR count). The highest BCUT2D eigenvalue weighted by molar-refractivity contribution is 5.81. The predicted octanol–water partition coefficient (Wildman–Crippen LogP) is 0.243. The lowest BCUT2D eigenvalue weighted by Crippen LogP contribution is -2.37. The van der Waals surface area contributed by atoms with E-state index in [0.29, 0.717) is 19.3 Å². The van der Waals surface area contributed by atoms with E-state index in [-0.39, 0.29) is 44.9 Å². The topological polar surface area (TPSA) is 113 Å². The molecule has 0 aromatic heterocycles. The zero-order chi connectivity index (χ0) is 18.6. The molecule has 1 amide bonds. The highest BCUT2D eigenvalue weighted by atomic mass is 16.5. The van der Waals surface area contributed by atoms with Gasteiger partial charge in [-0.1, -0.05) is 13.8 Å². The molecule has 0 radical (unpaired) electrons. The molecule has 0 aliphatic heterocycles. The molecule has 0 heterocycles. The third kappa shape index (κ3) is 8.26. The molecule has 2 N–H and O–H groups in total. The largest absolute Gasteiger partial charge is 0.463 e. The van der Waals surface area contributed by atoms with Crippen molar-refractivity contribution < 1.29 is 34.1 Å². The van der Waals surface area contributed by atoms with E-state index in [1.807, 2.05) is 13.8 Å². The Kier molecular flexibility index (Phi) is 11.0. The molecule has 0 saturated heterocycles. The average Bonchev–Trinajstić information content (AvgIpc) is 2.57. The zero-order valence-corrected chi connectivity index (χ0v) is 14.7. The van der Waals surface area contributed by atoms with Gasteiger partial charge >= 0.3 is 5.97 Å². The maximum absolute atomic E-state index is 11.6. The fourth-order valence-corrected chi connectivity index (χ4v) is 2.28. The Hall–Kier alpha value is -1.67. The molecule has 8 nitrogen and oxygen atoms in total. The first-order valence-electron chi connectivity index (χ1n) is 8.14. The number of carbonyl (C=O) groups is 3. The maximum Gasteiger partial charge on any atom is 0.306 e. The molecule has 0 spiro atoms. The van der Waals surface area contributed by atoms with Crippen molar-refractivity contribution in [3.63, 3.8) is 0 Å². The van der Waals surface area contributed by atoms with Crippen LogP contribution in [-0.2, 0) is 23.9 Å². The summed E-state index contributed by atoms with van der Waals surface area (Å²) < 4.78 is 10.0. The van der Waals surface area contributed by atoms with Gasteiger partial charge in [0.05, 0.1) is 19.1 Å². The quantitative estimate of drug-likeness (QED) is 0.362. The molecular weight excluding hydrogens is 318 g/mol. The predicted molar refractivity (Wildman–Crippen MR) is 86.0 cm³/mol. The van der Waals surface area contributed by atoms with E-state index in [9.17, 15) is 19.5 Å². The Bertz CT molecular complexity index is 396. The molecule has 8 heteroatoms. The first kappa shape index (κ1) is 22.3. The number of esters is 1. The number of amides is 1. The van der Waals surface area contributed by atoms with Gasteiger partial charge in [0.25, 0.3) is 6.47 Å². The van der Waals surface area contributed by atoms with Crippen LogP contribution in [0.25, 0.3) is 0 Å². The number of aliphatic hydroxyl groups is 2. The molecule has 0 fully saturated rings. The summed E-state index contributed by atoms with van der Waals surface area (Å²) in [7, 11) is 1.54. The van der Waals surface area contributed by atoms with Crippen LogP contribution in [0, 0.1) is 0 Å². The highest BCUT2D eigenvalue weighted by Crippen LogP contribution is 2.25. The van der Waals surface area contributed by atoms with Crippen molar-refractivity contribution in [3.05, 3.63) is 0 Å². The summed E-state index contributed by atoms with van der Waals surface area (Å²) in [5.41, 5.74) is -0.767. The maximum atomic E-state index is 11.6. The van der Waals surface area contributed by atoms with Gasteiger partial charge in [0.2, 0.25) is 5.91 Å². The Morgan fingerprint density at radius 1 is 1.25 bits per heavy atom. The van der Waals surface area contributed by atoms with Gasteiger partial charge in [-0.2, -0.15) is 0 Å². The van der Waals surface area contributed by atoms with Crippen LogP contribution >= 0.6 is 0 Å². The van der Waals surface area contributed by atoms with Crippen LogP contribution in [0.2, 0.25) is 0 Å². The molecule has 1 unspecified atom stereocenters. The molecule has 0 aromatic rings. The smallest absolute Gasteiger partial charge is 0.306 e. The van der Waals surface area contributed by atoms with Crippen LogP contribution in [0.3, 0.4) is 0 Å². The minimum Gasteiger partial charge on any atom is -0.463 e. The number of hydrogen-bond acceptors (Lipinski definition) is 7. The van der Waals surface area contributed by atoms with Crippen molar-refractivity contribution in [3.8, 4) is 0 Å². The van der Waals surface area contributed by atoms with Gasteiger partial charge in [0, 0.05) is 26.4 Å². The lowest BCUT2D eigenvalue weighted by atomic mass is 9.90. The second-order valence-corrected chi connectivity index (χ2v) is 5.68. The van der Waals surface area contributed by atoms with E-state index >= 15 is 0 Å². The molecule has 140 valence electrons. The normalized spacial score (nSPS) is 12.4. The Balaban J connectivity index is 4.21. The fraction of sp³-hybridized carbons (Fsp3) is 0.812. The van der Waals surface area contributed by atoms with E-state index in [0.717, 1.165) is 0 Å². The number of carbonyl (C=O) groups excluding carboxylic acids is 3. The molecule has 0 aliphatic rings. The van der Waals surface area contributed by atoms with Gasteiger partial charge < -0.3 is 24.6 Å². The van der Waals surface area contributed by atoms with Crippen LogP contribution in [0.15, 0.2) is 0 Å². The third-order valence-electron chi connectivity index (χ3n) is 4.04. The van der Waals surface area contributed by atoms with Gasteiger partial charge in [0.1, 0.15) is 12.2 Å². The molecule has 0 aromatic carbocycles. The number of likely N-dealkylation sites (N-methyl/N-ethyl adjacent to an activating group) is 1. The van der Waals surface area contributed by atoms with Crippen molar-refractivity contribution in [2.75, 3.05) is 26.8 Å². The van der Waals surface area contributed by atoms with Crippen molar-refractivity contribution in [2.24, 2.45) is 0 Å². The summed E-state index contributed by atoms with van der Waals surface area (Å²) in [6.07, 6.45) is 0.177. The van der Waals surface area contributed by atoms with Crippen molar-refractivity contribution in [1.29, 1.82) is 0 Å². The Morgan fingerprint density at radius 2 is 1.88 bits per heavy atom. The lowest BCUT2D eigenvalue weighted by molar-refractivity contribution is -0.155. The number of nitrogens with zero attached hydrogens (tertiary/aromatic N) is 1. The lowest BCUT2D eigenvalue weighted by Gasteiger charge is -2.31. The molecule has 24 heavy (non-hydrogen) atoms. The third-order valence-corrected chi connectivity index (χ3v) is 4.04. The van der Waals surface area contributed by atoms with Crippen LogP contribution < -0.4 is 0 Å². The Morgan fingerprint density at radius 3 is 2.38 bits per heavy atom. The van der Waals surface area contributed by atoms with Gasteiger partial charge in [-0.05, 0) is 12.8 Å². The summed E-state index contributed by atoms with van der Waals surface area (Å²) in [6.45, 7) is 3.90. The van der Waals surface area contributed by atoms with Gasteiger partial charge in [-0.25, -0.2) is 0 Å². The average molecular weight is 347 g/mol. The number of ether oxygens (including phenoxy) is 2. The molecule has 0 aliphatic carbocycles. The highest BCUT2D eigenvalue weighted by Gasteiger charge is 2.31.